The lowest BCUT2D eigenvalue weighted by atomic mass is 10.2. The van der Waals surface area contributed by atoms with Crippen molar-refractivity contribution in [1.29, 1.82) is 0 Å². The first-order valence-corrected chi connectivity index (χ1v) is 6.41. The second-order valence-electron chi connectivity index (χ2n) is 4.30. The number of aryl methyl sites for hydroxylation is 1. The van der Waals surface area contributed by atoms with Crippen molar-refractivity contribution < 1.29 is 4.74 Å². The largest absolute Gasteiger partial charge is 0.476 e. The van der Waals surface area contributed by atoms with Crippen LogP contribution in [0, 0.1) is 9.49 Å². The fourth-order valence-electron chi connectivity index (χ4n) is 1.56. The van der Waals surface area contributed by atoms with Gasteiger partial charge in [-0.25, -0.2) is 0 Å². The topological polar surface area (TPSA) is 27.1 Å². The first-order valence-electron chi connectivity index (χ1n) is 5.33. The number of fused-ring (bicyclic) bond motifs is 1. The molecule has 16 heavy (non-hydrogen) atoms. The molecule has 0 bridgehead atoms. The number of nitrogens with zero attached hydrogens (tertiary/aromatic N) is 2. The number of hydrogen-bond acceptors (Lipinski definition) is 2. The maximum atomic E-state index is 5.72. The van der Waals surface area contributed by atoms with E-state index in [-0.39, 0.29) is 0 Å². The van der Waals surface area contributed by atoms with Gasteiger partial charge in [-0.15, -0.1) is 5.10 Å². The minimum Gasteiger partial charge on any atom is -0.476 e. The van der Waals surface area contributed by atoms with Crippen molar-refractivity contribution in [1.82, 2.24) is 9.78 Å². The van der Waals surface area contributed by atoms with Gasteiger partial charge in [0.1, 0.15) is 0 Å². The molecule has 4 heteroatoms. The van der Waals surface area contributed by atoms with E-state index in [9.17, 15) is 0 Å². The van der Waals surface area contributed by atoms with Crippen molar-refractivity contribution in [2.24, 2.45) is 13.0 Å². The monoisotopic (exact) mass is 330 g/mol. The van der Waals surface area contributed by atoms with Gasteiger partial charge < -0.3 is 4.74 Å². The van der Waals surface area contributed by atoms with Gasteiger partial charge in [0.05, 0.1) is 17.5 Å². The summed E-state index contributed by atoms with van der Waals surface area (Å²) in [5, 5.41) is 5.49. The lowest BCUT2D eigenvalue weighted by Crippen LogP contribution is -2.05. The third-order valence-electron chi connectivity index (χ3n) is 2.33. The maximum Gasteiger partial charge on any atom is 0.240 e. The van der Waals surface area contributed by atoms with Gasteiger partial charge in [-0.2, -0.15) is 0 Å². The third kappa shape index (κ3) is 2.31. The fraction of sp³-hybridized carbons (Fsp3) is 0.417. The molecule has 0 saturated heterocycles. The van der Waals surface area contributed by atoms with E-state index in [1.807, 2.05) is 11.7 Å². The van der Waals surface area contributed by atoms with Gasteiger partial charge in [0, 0.05) is 10.6 Å². The van der Waals surface area contributed by atoms with Crippen LogP contribution in [0.3, 0.4) is 0 Å². The Morgan fingerprint density at radius 2 is 2.19 bits per heavy atom. The molecule has 2 rings (SSSR count). The normalized spacial score (nSPS) is 11.3. The first kappa shape index (κ1) is 11.7. The Hall–Kier alpha value is -0.780. The lowest BCUT2D eigenvalue weighted by molar-refractivity contribution is 0.262. The van der Waals surface area contributed by atoms with E-state index < -0.39 is 0 Å². The molecule has 86 valence electrons. The SMILES string of the molecule is CC(C)COc1nn(C)c2ccc(I)cc12. The molecule has 0 aliphatic rings. The summed E-state index contributed by atoms with van der Waals surface area (Å²) in [5.74, 6) is 1.25. The van der Waals surface area contributed by atoms with Crippen LogP contribution in [-0.2, 0) is 7.05 Å². The molecule has 1 aromatic carbocycles. The summed E-state index contributed by atoms with van der Waals surface area (Å²) in [5.41, 5.74) is 1.11. The van der Waals surface area contributed by atoms with Gasteiger partial charge in [-0.3, -0.25) is 4.68 Å². The molecule has 0 aliphatic carbocycles. The Kier molecular flexibility index (Phi) is 3.37. The Balaban J connectivity index is 2.41. The number of benzene rings is 1. The zero-order valence-electron chi connectivity index (χ0n) is 9.70. The van der Waals surface area contributed by atoms with Crippen molar-refractivity contribution in [3.8, 4) is 5.88 Å². The molecule has 0 amide bonds. The number of rotatable bonds is 3. The van der Waals surface area contributed by atoms with Crippen LogP contribution in [0.2, 0.25) is 0 Å². The van der Waals surface area contributed by atoms with Crippen molar-refractivity contribution in [2.75, 3.05) is 6.61 Å². The standard InChI is InChI=1S/C12H15IN2O/c1-8(2)7-16-12-10-6-9(13)4-5-11(10)15(3)14-12/h4-6,8H,7H2,1-3H3. The van der Waals surface area contributed by atoms with Crippen LogP contribution < -0.4 is 4.74 Å². The summed E-state index contributed by atoms with van der Waals surface area (Å²) in [6.07, 6.45) is 0. The quantitative estimate of drug-likeness (QED) is 0.808. The summed E-state index contributed by atoms with van der Waals surface area (Å²) in [7, 11) is 1.94. The van der Waals surface area contributed by atoms with Crippen LogP contribution in [0.15, 0.2) is 18.2 Å². The highest BCUT2D eigenvalue weighted by molar-refractivity contribution is 14.1. The van der Waals surface area contributed by atoms with Crippen LogP contribution in [0.5, 0.6) is 5.88 Å². The molecule has 3 nitrogen and oxygen atoms in total. The zero-order chi connectivity index (χ0) is 11.7. The average Bonchev–Trinajstić information content (AvgIpc) is 2.52. The van der Waals surface area contributed by atoms with Crippen LogP contribution in [-0.4, -0.2) is 16.4 Å². The van der Waals surface area contributed by atoms with Crippen molar-refractivity contribution in [3.05, 3.63) is 21.8 Å². The minimum absolute atomic E-state index is 0.514. The Bertz CT molecular complexity index is 505. The highest BCUT2D eigenvalue weighted by Crippen LogP contribution is 2.26. The molecular weight excluding hydrogens is 315 g/mol. The van der Waals surface area contributed by atoms with Crippen LogP contribution in [0.4, 0.5) is 0 Å². The van der Waals surface area contributed by atoms with Gasteiger partial charge in [-0.1, -0.05) is 13.8 Å². The summed E-state index contributed by atoms with van der Waals surface area (Å²) in [6.45, 7) is 4.97. The molecule has 1 aromatic heterocycles. The van der Waals surface area contributed by atoms with Gasteiger partial charge in [-0.05, 0) is 46.7 Å². The van der Waals surface area contributed by atoms with E-state index in [2.05, 4.69) is 59.7 Å². The van der Waals surface area contributed by atoms with Crippen LogP contribution >= 0.6 is 22.6 Å². The van der Waals surface area contributed by atoms with E-state index in [4.69, 9.17) is 4.74 Å². The van der Waals surface area contributed by atoms with Crippen molar-refractivity contribution >= 4 is 33.5 Å². The summed E-state index contributed by atoms with van der Waals surface area (Å²) in [4.78, 5) is 0. The first-order chi connectivity index (χ1) is 7.58. The number of aromatic nitrogens is 2. The van der Waals surface area contributed by atoms with E-state index >= 15 is 0 Å². The predicted molar refractivity (Wildman–Crippen MR) is 73.8 cm³/mol. The highest BCUT2D eigenvalue weighted by atomic mass is 127. The molecule has 0 N–H and O–H groups in total. The Morgan fingerprint density at radius 1 is 1.44 bits per heavy atom. The Morgan fingerprint density at radius 3 is 2.88 bits per heavy atom. The van der Waals surface area contributed by atoms with Gasteiger partial charge in [0.2, 0.25) is 5.88 Å². The average molecular weight is 330 g/mol. The summed E-state index contributed by atoms with van der Waals surface area (Å²) >= 11 is 2.30. The number of halogens is 1. The van der Waals surface area contributed by atoms with Crippen LogP contribution in [0.1, 0.15) is 13.8 Å². The second kappa shape index (κ2) is 4.61. The maximum absolute atomic E-state index is 5.72. The molecule has 0 atom stereocenters. The van der Waals surface area contributed by atoms with E-state index in [1.54, 1.807) is 0 Å². The van der Waals surface area contributed by atoms with E-state index in [1.165, 1.54) is 3.57 Å². The molecule has 0 fully saturated rings. The van der Waals surface area contributed by atoms with Gasteiger partial charge in [0.25, 0.3) is 0 Å². The minimum atomic E-state index is 0.514. The smallest absolute Gasteiger partial charge is 0.240 e. The Labute approximate surface area is 109 Å². The lowest BCUT2D eigenvalue weighted by Gasteiger charge is -2.05. The van der Waals surface area contributed by atoms with Crippen molar-refractivity contribution in [3.63, 3.8) is 0 Å². The molecule has 0 aliphatic heterocycles. The van der Waals surface area contributed by atoms with E-state index in [0.29, 0.717) is 12.5 Å². The molecule has 2 aromatic rings. The molecule has 0 unspecified atom stereocenters. The predicted octanol–water partition coefficient (Wildman–Crippen LogP) is 3.21. The van der Waals surface area contributed by atoms with Crippen molar-refractivity contribution in [2.45, 2.75) is 13.8 Å². The third-order valence-corrected chi connectivity index (χ3v) is 3.00. The van der Waals surface area contributed by atoms with Gasteiger partial charge in [0.15, 0.2) is 0 Å². The molecule has 0 radical (unpaired) electrons. The number of ether oxygens (including phenoxy) is 1. The second-order valence-corrected chi connectivity index (χ2v) is 5.54. The zero-order valence-corrected chi connectivity index (χ0v) is 11.9. The molecule has 0 saturated carbocycles. The van der Waals surface area contributed by atoms with Crippen LogP contribution in [0.25, 0.3) is 10.9 Å². The van der Waals surface area contributed by atoms with Gasteiger partial charge >= 0.3 is 0 Å². The molecule has 0 spiro atoms. The van der Waals surface area contributed by atoms with E-state index in [0.717, 1.165) is 16.8 Å². The summed E-state index contributed by atoms with van der Waals surface area (Å²) in [6, 6.07) is 6.27. The molecular formula is C12H15IN2O. The summed E-state index contributed by atoms with van der Waals surface area (Å²) < 4.78 is 8.78. The highest BCUT2D eigenvalue weighted by Gasteiger charge is 2.10. The number of hydrogen-bond donors (Lipinski definition) is 0. The fourth-order valence-corrected chi connectivity index (χ4v) is 2.05. The molecule has 1 heterocycles.